The predicted octanol–water partition coefficient (Wildman–Crippen LogP) is 3.08. The molecule has 0 saturated carbocycles. The van der Waals surface area contributed by atoms with Gasteiger partial charge in [0.1, 0.15) is 11.5 Å². The molecule has 0 saturated heterocycles. The van der Waals surface area contributed by atoms with Gasteiger partial charge in [-0.3, -0.25) is 4.98 Å². The first-order valence-electron chi connectivity index (χ1n) is 6.13. The van der Waals surface area contributed by atoms with Crippen molar-refractivity contribution in [1.82, 2.24) is 4.98 Å². The van der Waals surface area contributed by atoms with Gasteiger partial charge in [0.2, 0.25) is 0 Å². The van der Waals surface area contributed by atoms with Crippen LogP contribution in [0.2, 0.25) is 0 Å². The summed E-state index contributed by atoms with van der Waals surface area (Å²) in [6.07, 6.45) is 5.68. The second-order valence-corrected chi connectivity index (χ2v) is 4.32. The summed E-state index contributed by atoms with van der Waals surface area (Å²) in [5, 5.41) is 0. The van der Waals surface area contributed by atoms with E-state index in [0.29, 0.717) is 0 Å². The molecular weight excluding hydrogens is 226 g/mol. The standard InChI is InChI=1S/C15H15NO2/c1-17-14-10-16-8-7-12(14)13-6-2-4-11-5-3-9-18-15(11)13/h2,4,6-8,10H,3,5,9H2,1H3. The normalized spacial score (nSPS) is 13.6. The number of pyridine rings is 1. The van der Waals surface area contributed by atoms with Crippen LogP contribution in [0.25, 0.3) is 11.1 Å². The summed E-state index contributed by atoms with van der Waals surface area (Å²) in [5.74, 6) is 1.77. The van der Waals surface area contributed by atoms with Crippen LogP contribution in [0.3, 0.4) is 0 Å². The Kier molecular flexibility index (Phi) is 2.89. The average Bonchev–Trinajstić information content (AvgIpc) is 2.46. The van der Waals surface area contributed by atoms with Gasteiger partial charge < -0.3 is 9.47 Å². The number of hydrogen-bond donors (Lipinski definition) is 0. The summed E-state index contributed by atoms with van der Waals surface area (Å²) in [6.45, 7) is 0.789. The second kappa shape index (κ2) is 4.69. The zero-order valence-corrected chi connectivity index (χ0v) is 10.3. The van der Waals surface area contributed by atoms with Crippen LogP contribution in [0.1, 0.15) is 12.0 Å². The Morgan fingerprint density at radius 2 is 2.17 bits per heavy atom. The highest BCUT2D eigenvalue weighted by atomic mass is 16.5. The lowest BCUT2D eigenvalue weighted by molar-refractivity contribution is 0.289. The first-order chi connectivity index (χ1) is 8.90. The number of rotatable bonds is 2. The molecule has 0 bridgehead atoms. The molecule has 1 aromatic heterocycles. The van der Waals surface area contributed by atoms with E-state index in [0.717, 1.165) is 42.1 Å². The molecule has 0 N–H and O–H groups in total. The minimum absolute atomic E-state index is 0.778. The maximum absolute atomic E-state index is 5.83. The van der Waals surface area contributed by atoms with Crippen LogP contribution in [-0.2, 0) is 6.42 Å². The fourth-order valence-electron chi connectivity index (χ4n) is 2.37. The van der Waals surface area contributed by atoms with E-state index in [2.05, 4.69) is 23.2 Å². The molecule has 0 fully saturated rings. The minimum Gasteiger partial charge on any atom is -0.494 e. The van der Waals surface area contributed by atoms with Gasteiger partial charge in [0, 0.05) is 17.3 Å². The summed E-state index contributed by atoms with van der Waals surface area (Å²) in [6, 6.07) is 8.24. The van der Waals surface area contributed by atoms with Gasteiger partial charge in [-0.15, -0.1) is 0 Å². The molecule has 0 atom stereocenters. The van der Waals surface area contributed by atoms with Crippen molar-refractivity contribution in [3.8, 4) is 22.6 Å². The van der Waals surface area contributed by atoms with Crippen molar-refractivity contribution in [3.63, 3.8) is 0 Å². The first-order valence-corrected chi connectivity index (χ1v) is 6.13. The molecule has 0 amide bonds. The van der Waals surface area contributed by atoms with Crippen LogP contribution < -0.4 is 9.47 Å². The quantitative estimate of drug-likeness (QED) is 0.809. The summed E-state index contributed by atoms with van der Waals surface area (Å²) >= 11 is 0. The number of fused-ring (bicyclic) bond motifs is 1. The molecule has 2 heterocycles. The Morgan fingerprint density at radius 3 is 3.06 bits per heavy atom. The molecule has 3 rings (SSSR count). The zero-order valence-electron chi connectivity index (χ0n) is 10.3. The number of ether oxygens (including phenoxy) is 2. The average molecular weight is 241 g/mol. The number of benzene rings is 1. The maximum atomic E-state index is 5.83. The number of hydrogen-bond acceptors (Lipinski definition) is 3. The third-order valence-electron chi connectivity index (χ3n) is 3.23. The largest absolute Gasteiger partial charge is 0.494 e. The monoisotopic (exact) mass is 241 g/mol. The molecule has 3 nitrogen and oxygen atoms in total. The molecule has 1 aliphatic heterocycles. The molecule has 2 aromatic rings. The van der Waals surface area contributed by atoms with Crippen molar-refractivity contribution in [2.24, 2.45) is 0 Å². The topological polar surface area (TPSA) is 31.4 Å². The number of methoxy groups -OCH3 is 1. The lowest BCUT2D eigenvalue weighted by Crippen LogP contribution is -2.09. The van der Waals surface area contributed by atoms with Gasteiger partial charge in [0.15, 0.2) is 0 Å². The summed E-state index contributed by atoms with van der Waals surface area (Å²) in [5.41, 5.74) is 3.40. The van der Waals surface area contributed by atoms with Crippen molar-refractivity contribution in [2.75, 3.05) is 13.7 Å². The van der Waals surface area contributed by atoms with Crippen molar-refractivity contribution >= 4 is 0 Å². The molecule has 1 aliphatic rings. The summed E-state index contributed by atoms with van der Waals surface area (Å²) in [4.78, 5) is 4.09. The molecular formula is C15H15NO2. The smallest absolute Gasteiger partial charge is 0.145 e. The highest BCUT2D eigenvalue weighted by Crippen LogP contribution is 2.39. The molecule has 0 spiro atoms. The molecule has 1 aromatic carbocycles. The van der Waals surface area contributed by atoms with Gasteiger partial charge in [0.25, 0.3) is 0 Å². The molecule has 0 radical (unpaired) electrons. The Balaban J connectivity index is 2.17. The highest BCUT2D eigenvalue weighted by molar-refractivity contribution is 5.76. The van der Waals surface area contributed by atoms with Crippen LogP contribution in [-0.4, -0.2) is 18.7 Å². The maximum Gasteiger partial charge on any atom is 0.145 e. The van der Waals surface area contributed by atoms with Crippen molar-refractivity contribution in [1.29, 1.82) is 0 Å². The van der Waals surface area contributed by atoms with Crippen LogP contribution in [0.5, 0.6) is 11.5 Å². The predicted molar refractivity (Wildman–Crippen MR) is 70.0 cm³/mol. The number of para-hydroxylation sites is 1. The summed E-state index contributed by atoms with van der Waals surface area (Å²) in [7, 11) is 1.66. The summed E-state index contributed by atoms with van der Waals surface area (Å²) < 4.78 is 11.2. The number of nitrogens with zero attached hydrogens (tertiary/aromatic N) is 1. The molecule has 0 unspecified atom stereocenters. The van der Waals surface area contributed by atoms with Crippen molar-refractivity contribution < 1.29 is 9.47 Å². The minimum atomic E-state index is 0.778. The Morgan fingerprint density at radius 1 is 1.22 bits per heavy atom. The van der Waals surface area contributed by atoms with Crippen molar-refractivity contribution in [3.05, 3.63) is 42.2 Å². The lowest BCUT2D eigenvalue weighted by Gasteiger charge is -2.21. The molecule has 18 heavy (non-hydrogen) atoms. The Labute approximate surface area is 106 Å². The van der Waals surface area contributed by atoms with E-state index in [1.807, 2.05) is 6.07 Å². The van der Waals surface area contributed by atoms with Gasteiger partial charge in [-0.05, 0) is 24.5 Å². The van der Waals surface area contributed by atoms with E-state index >= 15 is 0 Å². The van der Waals surface area contributed by atoms with Gasteiger partial charge in [-0.25, -0.2) is 0 Å². The number of aromatic nitrogens is 1. The van der Waals surface area contributed by atoms with E-state index in [9.17, 15) is 0 Å². The highest BCUT2D eigenvalue weighted by Gasteiger charge is 2.17. The lowest BCUT2D eigenvalue weighted by atomic mass is 9.98. The van der Waals surface area contributed by atoms with E-state index < -0.39 is 0 Å². The van der Waals surface area contributed by atoms with E-state index in [-0.39, 0.29) is 0 Å². The SMILES string of the molecule is COc1cnccc1-c1cccc2c1OCCC2. The first kappa shape index (κ1) is 11.1. The zero-order chi connectivity index (χ0) is 12.4. The van der Waals surface area contributed by atoms with E-state index in [4.69, 9.17) is 9.47 Å². The molecule has 92 valence electrons. The molecule has 0 aliphatic carbocycles. The second-order valence-electron chi connectivity index (χ2n) is 4.32. The van der Waals surface area contributed by atoms with Crippen LogP contribution in [0.15, 0.2) is 36.7 Å². The van der Waals surface area contributed by atoms with Crippen LogP contribution in [0.4, 0.5) is 0 Å². The number of aryl methyl sites for hydroxylation is 1. The Bertz CT molecular complexity index is 566. The van der Waals surface area contributed by atoms with Crippen LogP contribution in [0, 0.1) is 0 Å². The fraction of sp³-hybridized carbons (Fsp3) is 0.267. The molecule has 3 heteroatoms. The van der Waals surface area contributed by atoms with Gasteiger partial charge in [-0.1, -0.05) is 18.2 Å². The Hall–Kier alpha value is -2.03. The van der Waals surface area contributed by atoms with Crippen molar-refractivity contribution in [2.45, 2.75) is 12.8 Å². The van der Waals surface area contributed by atoms with E-state index in [1.54, 1.807) is 19.5 Å². The van der Waals surface area contributed by atoms with Gasteiger partial charge >= 0.3 is 0 Å². The van der Waals surface area contributed by atoms with Gasteiger partial charge in [-0.2, -0.15) is 0 Å². The third-order valence-corrected chi connectivity index (χ3v) is 3.23. The van der Waals surface area contributed by atoms with Gasteiger partial charge in [0.05, 0.1) is 19.9 Å². The third kappa shape index (κ3) is 1.82. The fourth-order valence-corrected chi connectivity index (χ4v) is 2.37. The van der Waals surface area contributed by atoms with E-state index in [1.165, 1.54) is 5.56 Å². The van der Waals surface area contributed by atoms with Crippen LogP contribution >= 0.6 is 0 Å².